The van der Waals surface area contributed by atoms with Crippen LogP contribution in [0.2, 0.25) is 0 Å². The van der Waals surface area contributed by atoms with Crippen LogP contribution >= 0.6 is 0 Å². The van der Waals surface area contributed by atoms with Crippen LogP contribution in [0, 0.1) is 0 Å². The first kappa shape index (κ1) is 14.6. The predicted octanol–water partition coefficient (Wildman–Crippen LogP) is -0.0976. The Morgan fingerprint density at radius 1 is 1.33 bits per heavy atom. The highest BCUT2D eigenvalue weighted by molar-refractivity contribution is 5.81. The van der Waals surface area contributed by atoms with E-state index in [-0.39, 0.29) is 12.5 Å². The van der Waals surface area contributed by atoms with Crippen molar-refractivity contribution in [3.8, 4) is 0 Å². The van der Waals surface area contributed by atoms with Gasteiger partial charge in [0.1, 0.15) is 0 Å². The van der Waals surface area contributed by atoms with Crippen molar-refractivity contribution < 1.29 is 9.90 Å². The van der Waals surface area contributed by atoms with Gasteiger partial charge < -0.3 is 21.9 Å². The van der Waals surface area contributed by atoms with Gasteiger partial charge in [-0.1, -0.05) is 30.3 Å². The lowest BCUT2D eigenvalue weighted by molar-refractivity contribution is -0.123. The molecule has 6 N–H and O–H groups in total. The molecule has 100 valence electrons. The van der Waals surface area contributed by atoms with Crippen molar-refractivity contribution in [2.45, 2.75) is 24.9 Å². The molecule has 5 nitrogen and oxygen atoms in total. The van der Waals surface area contributed by atoms with E-state index in [9.17, 15) is 9.90 Å². The van der Waals surface area contributed by atoms with Crippen LogP contribution < -0.4 is 16.8 Å². The molecule has 0 heterocycles. The second kappa shape index (κ2) is 7.81. The maximum Gasteiger partial charge on any atom is 0.237 e. The van der Waals surface area contributed by atoms with E-state index in [1.807, 2.05) is 30.3 Å². The minimum atomic E-state index is -0.577. The molecule has 0 bridgehead atoms. The molecule has 5 heteroatoms. The quantitative estimate of drug-likeness (QED) is 0.543. The second-order valence-electron chi connectivity index (χ2n) is 4.19. The fraction of sp³-hybridized carbons (Fsp3) is 0.462. The van der Waals surface area contributed by atoms with Gasteiger partial charge in [-0.05, 0) is 24.9 Å². The normalized spacial score (nSPS) is 13.9. The summed E-state index contributed by atoms with van der Waals surface area (Å²) in [7, 11) is 0. The molecule has 0 aliphatic heterocycles. The van der Waals surface area contributed by atoms with E-state index in [1.54, 1.807) is 0 Å². The van der Waals surface area contributed by atoms with Crippen LogP contribution in [0.1, 0.15) is 24.4 Å². The van der Waals surface area contributed by atoms with Gasteiger partial charge in [0.15, 0.2) is 0 Å². The molecular formula is C13H21N3O2. The SMILES string of the molecule is NCCC[C@@H](N)C(=O)NC(CO)c1ccccc1. The number of hydrogen-bond acceptors (Lipinski definition) is 4. The summed E-state index contributed by atoms with van der Waals surface area (Å²) in [6, 6.07) is 8.32. The minimum Gasteiger partial charge on any atom is -0.394 e. The number of aliphatic hydroxyl groups excluding tert-OH is 1. The lowest BCUT2D eigenvalue weighted by Crippen LogP contribution is -2.43. The monoisotopic (exact) mass is 251 g/mol. The third kappa shape index (κ3) is 4.44. The Bertz CT molecular complexity index is 357. The van der Waals surface area contributed by atoms with Gasteiger partial charge in [-0.25, -0.2) is 0 Å². The Kier molecular flexibility index (Phi) is 6.35. The molecule has 18 heavy (non-hydrogen) atoms. The highest BCUT2D eigenvalue weighted by atomic mass is 16.3. The molecular weight excluding hydrogens is 230 g/mol. The average Bonchev–Trinajstić information content (AvgIpc) is 2.42. The van der Waals surface area contributed by atoms with Crippen molar-refractivity contribution in [1.82, 2.24) is 5.32 Å². The smallest absolute Gasteiger partial charge is 0.237 e. The zero-order chi connectivity index (χ0) is 13.4. The highest BCUT2D eigenvalue weighted by Gasteiger charge is 2.18. The summed E-state index contributed by atoms with van der Waals surface area (Å²) in [6.45, 7) is 0.364. The van der Waals surface area contributed by atoms with Crippen LogP contribution in [0.5, 0.6) is 0 Å². The number of nitrogens with one attached hydrogen (secondary N) is 1. The van der Waals surface area contributed by atoms with Gasteiger partial charge in [0.2, 0.25) is 5.91 Å². The summed E-state index contributed by atoms with van der Waals surface area (Å²) in [5, 5.41) is 12.0. The van der Waals surface area contributed by atoms with E-state index in [0.717, 1.165) is 5.56 Å². The zero-order valence-electron chi connectivity index (χ0n) is 10.4. The van der Waals surface area contributed by atoms with E-state index >= 15 is 0 Å². The molecule has 1 amide bonds. The highest BCUT2D eigenvalue weighted by Crippen LogP contribution is 2.11. The van der Waals surface area contributed by atoms with Gasteiger partial charge in [-0.15, -0.1) is 0 Å². The van der Waals surface area contributed by atoms with Crippen LogP contribution in [0.4, 0.5) is 0 Å². The zero-order valence-corrected chi connectivity index (χ0v) is 10.4. The third-order valence-electron chi connectivity index (χ3n) is 2.76. The fourth-order valence-corrected chi connectivity index (χ4v) is 1.67. The summed E-state index contributed by atoms with van der Waals surface area (Å²) in [5.74, 6) is -0.258. The second-order valence-corrected chi connectivity index (χ2v) is 4.19. The van der Waals surface area contributed by atoms with Gasteiger partial charge in [0.05, 0.1) is 18.7 Å². The first-order chi connectivity index (χ1) is 8.69. The first-order valence-corrected chi connectivity index (χ1v) is 6.11. The molecule has 0 saturated carbocycles. The molecule has 1 aromatic carbocycles. The maximum absolute atomic E-state index is 11.8. The average molecular weight is 251 g/mol. The molecule has 1 aromatic rings. The molecule has 0 aromatic heterocycles. The molecule has 0 aliphatic rings. The van der Waals surface area contributed by atoms with Crippen molar-refractivity contribution in [1.29, 1.82) is 0 Å². The molecule has 1 unspecified atom stereocenters. The number of amides is 1. The summed E-state index contributed by atoms with van der Waals surface area (Å²) in [5.41, 5.74) is 12.0. The standard InChI is InChI=1S/C13H21N3O2/c14-8-4-7-11(15)13(18)16-12(9-17)10-5-2-1-3-6-10/h1-3,5-6,11-12,17H,4,7-9,14-15H2,(H,16,18)/t11-,12?/m1/s1. The van der Waals surface area contributed by atoms with E-state index in [0.29, 0.717) is 19.4 Å². The van der Waals surface area contributed by atoms with Crippen molar-refractivity contribution in [2.24, 2.45) is 11.5 Å². The van der Waals surface area contributed by atoms with Gasteiger partial charge >= 0.3 is 0 Å². The lowest BCUT2D eigenvalue weighted by atomic mass is 10.1. The van der Waals surface area contributed by atoms with Crippen LogP contribution in [0.25, 0.3) is 0 Å². The number of carbonyl (C=O) groups is 1. The minimum absolute atomic E-state index is 0.153. The Balaban J connectivity index is 2.56. The number of rotatable bonds is 7. The van der Waals surface area contributed by atoms with E-state index in [2.05, 4.69) is 5.32 Å². The molecule has 0 saturated heterocycles. The number of carbonyl (C=O) groups excluding carboxylic acids is 1. The summed E-state index contributed by atoms with van der Waals surface area (Å²) >= 11 is 0. The number of benzene rings is 1. The van der Waals surface area contributed by atoms with Gasteiger partial charge in [0, 0.05) is 0 Å². The van der Waals surface area contributed by atoms with Gasteiger partial charge in [-0.2, -0.15) is 0 Å². The largest absolute Gasteiger partial charge is 0.394 e. The lowest BCUT2D eigenvalue weighted by Gasteiger charge is -2.19. The van der Waals surface area contributed by atoms with E-state index in [1.165, 1.54) is 0 Å². The predicted molar refractivity (Wildman–Crippen MR) is 70.7 cm³/mol. The van der Waals surface area contributed by atoms with Gasteiger partial charge in [-0.3, -0.25) is 4.79 Å². The third-order valence-corrected chi connectivity index (χ3v) is 2.76. The van der Waals surface area contributed by atoms with Gasteiger partial charge in [0.25, 0.3) is 0 Å². The summed E-state index contributed by atoms with van der Waals surface area (Å²) in [6.07, 6.45) is 1.26. The van der Waals surface area contributed by atoms with E-state index < -0.39 is 12.1 Å². The Labute approximate surface area is 107 Å². The Hall–Kier alpha value is -1.43. The summed E-state index contributed by atoms with van der Waals surface area (Å²) < 4.78 is 0. The molecule has 0 fully saturated rings. The molecule has 0 spiro atoms. The van der Waals surface area contributed by atoms with Crippen LogP contribution in [-0.4, -0.2) is 30.2 Å². The maximum atomic E-state index is 11.8. The Morgan fingerprint density at radius 2 is 2.00 bits per heavy atom. The Morgan fingerprint density at radius 3 is 2.56 bits per heavy atom. The number of nitrogens with two attached hydrogens (primary N) is 2. The van der Waals surface area contributed by atoms with Crippen LogP contribution in [0.3, 0.4) is 0 Å². The molecule has 0 radical (unpaired) electrons. The van der Waals surface area contributed by atoms with Crippen molar-refractivity contribution >= 4 is 5.91 Å². The molecule has 0 aliphatic carbocycles. The van der Waals surface area contributed by atoms with Crippen molar-refractivity contribution in [3.63, 3.8) is 0 Å². The van der Waals surface area contributed by atoms with E-state index in [4.69, 9.17) is 11.5 Å². The first-order valence-electron chi connectivity index (χ1n) is 6.11. The number of hydrogen-bond donors (Lipinski definition) is 4. The molecule has 2 atom stereocenters. The van der Waals surface area contributed by atoms with Crippen LogP contribution in [0.15, 0.2) is 30.3 Å². The van der Waals surface area contributed by atoms with Crippen molar-refractivity contribution in [2.75, 3.05) is 13.2 Å². The van der Waals surface area contributed by atoms with Crippen LogP contribution in [-0.2, 0) is 4.79 Å². The fourth-order valence-electron chi connectivity index (χ4n) is 1.67. The molecule has 1 rings (SSSR count). The number of aliphatic hydroxyl groups is 1. The summed E-state index contributed by atoms with van der Waals surface area (Å²) in [4.78, 5) is 11.8. The topological polar surface area (TPSA) is 101 Å². The van der Waals surface area contributed by atoms with Crippen molar-refractivity contribution in [3.05, 3.63) is 35.9 Å².